The van der Waals surface area contributed by atoms with E-state index in [1.807, 2.05) is 54.6 Å². The summed E-state index contributed by atoms with van der Waals surface area (Å²) in [5, 5.41) is 2.69. The van der Waals surface area contributed by atoms with Gasteiger partial charge in [0.05, 0.1) is 0 Å². The molecule has 0 heterocycles. The standard InChI is InChI=1S/C20H23NO4/c1-15(2)17-8-10-18(11-9-17)24-14-20(23)25-13-19(22)21-12-16-6-4-3-5-7-16/h3-11,15H,12-14H2,1-2H3,(H,21,22). The molecule has 2 aromatic carbocycles. The molecule has 0 radical (unpaired) electrons. The lowest BCUT2D eigenvalue weighted by atomic mass is 10.0. The Morgan fingerprint density at radius 3 is 2.28 bits per heavy atom. The zero-order valence-electron chi connectivity index (χ0n) is 14.5. The van der Waals surface area contributed by atoms with Crippen LogP contribution in [-0.4, -0.2) is 25.1 Å². The van der Waals surface area contributed by atoms with Gasteiger partial charge < -0.3 is 14.8 Å². The lowest BCUT2D eigenvalue weighted by Gasteiger charge is -2.09. The molecule has 0 saturated heterocycles. The highest BCUT2D eigenvalue weighted by Gasteiger charge is 2.08. The van der Waals surface area contributed by atoms with Crippen molar-refractivity contribution < 1.29 is 19.1 Å². The molecule has 0 aliphatic heterocycles. The minimum atomic E-state index is -0.581. The fourth-order valence-electron chi connectivity index (χ4n) is 2.13. The normalized spacial score (nSPS) is 10.4. The molecule has 0 fully saturated rings. The maximum Gasteiger partial charge on any atom is 0.344 e. The van der Waals surface area contributed by atoms with E-state index in [0.717, 1.165) is 5.56 Å². The van der Waals surface area contributed by atoms with Crippen LogP contribution in [0.5, 0.6) is 5.75 Å². The Morgan fingerprint density at radius 2 is 1.64 bits per heavy atom. The van der Waals surface area contributed by atoms with Gasteiger partial charge in [-0.2, -0.15) is 0 Å². The van der Waals surface area contributed by atoms with Gasteiger partial charge in [0, 0.05) is 6.54 Å². The monoisotopic (exact) mass is 341 g/mol. The summed E-state index contributed by atoms with van der Waals surface area (Å²) in [5.41, 5.74) is 2.18. The first-order valence-electron chi connectivity index (χ1n) is 8.23. The van der Waals surface area contributed by atoms with E-state index in [1.54, 1.807) is 0 Å². The zero-order valence-corrected chi connectivity index (χ0v) is 14.5. The SMILES string of the molecule is CC(C)c1ccc(OCC(=O)OCC(=O)NCc2ccccc2)cc1. The van der Waals surface area contributed by atoms with Crippen LogP contribution in [0, 0.1) is 0 Å². The average Bonchev–Trinajstić information content (AvgIpc) is 2.64. The number of amides is 1. The van der Waals surface area contributed by atoms with Gasteiger partial charge in [0.1, 0.15) is 5.75 Å². The number of ether oxygens (including phenoxy) is 2. The van der Waals surface area contributed by atoms with Crippen LogP contribution in [0.25, 0.3) is 0 Å². The van der Waals surface area contributed by atoms with Crippen LogP contribution in [0.2, 0.25) is 0 Å². The van der Waals surface area contributed by atoms with Crippen molar-refractivity contribution in [3.05, 3.63) is 65.7 Å². The van der Waals surface area contributed by atoms with Crippen LogP contribution in [0.15, 0.2) is 54.6 Å². The topological polar surface area (TPSA) is 64.6 Å². The summed E-state index contributed by atoms with van der Waals surface area (Å²) in [4.78, 5) is 23.3. The number of esters is 1. The number of benzene rings is 2. The highest BCUT2D eigenvalue weighted by Crippen LogP contribution is 2.18. The van der Waals surface area contributed by atoms with E-state index in [-0.39, 0.29) is 19.1 Å². The van der Waals surface area contributed by atoms with Gasteiger partial charge in [0.15, 0.2) is 13.2 Å². The van der Waals surface area contributed by atoms with Crippen molar-refractivity contribution >= 4 is 11.9 Å². The first-order chi connectivity index (χ1) is 12.0. The molecule has 5 heteroatoms. The molecule has 2 aromatic rings. The van der Waals surface area contributed by atoms with Crippen LogP contribution < -0.4 is 10.1 Å². The molecular formula is C20H23NO4. The molecule has 0 aliphatic carbocycles. The summed E-state index contributed by atoms with van der Waals surface area (Å²) in [6, 6.07) is 17.1. The third-order valence-electron chi connectivity index (χ3n) is 3.60. The fourth-order valence-corrected chi connectivity index (χ4v) is 2.13. The molecule has 0 spiro atoms. The summed E-state index contributed by atoms with van der Waals surface area (Å²) in [6.45, 7) is 4.07. The predicted octanol–water partition coefficient (Wildman–Crippen LogP) is 3.05. The Hall–Kier alpha value is -2.82. The van der Waals surface area contributed by atoms with Gasteiger partial charge in [-0.15, -0.1) is 0 Å². The van der Waals surface area contributed by atoms with Crippen LogP contribution in [0.1, 0.15) is 30.9 Å². The van der Waals surface area contributed by atoms with Gasteiger partial charge in [-0.3, -0.25) is 4.79 Å². The smallest absolute Gasteiger partial charge is 0.344 e. The summed E-state index contributed by atoms with van der Waals surface area (Å²) in [5.74, 6) is 0.101. The van der Waals surface area contributed by atoms with Crippen molar-refractivity contribution in [2.75, 3.05) is 13.2 Å². The summed E-state index contributed by atoms with van der Waals surface area (Å²) in [7, 11) is 0. The first kappa shape index (κ1) is 18.5. The second kappa shape index (κ2) is 9.47. The molecule has 5 nitrogen and oxygen atoms in total. The zero-order chi connectivity index (χ0) is 18.1. The van der Waals surface area contributed by atoms with Crippen LogP contribution >= 0.6 is 0 Å². The first-order valence-corrected chi connectivity index (χ1v) is 8.23. The van der Waals surface area contributed by atoms with Crippen LogP contribution in [0.3, 0.4) is 0 Å². The van der Waals surface area contributed by atoms with E-state index in [0.29, 0.717) is 18.2 Å². The molecule has 132 valence electrons. The number of carbonyl (C=O) groups is 2. The van der Waals surface area contributed by atoms with E-state index >= 15 is 0 Å². The molecule has 0 aliphatic rings. The van der Waals surface area contributed by atoms with Crippen LogP contribution in [-0.2, 0) is 20.9 Å². The van der Waals surface area contributed by atoms with Crippen LogP contribution in [0.4, 0.5) is 0 Å². The van der Waals surface area contributed by atoms with Gasteiger partial charge in [-0.1, -0.05) is 56.3 Å². The molecule has 0 bridgehead atoms. The van der Waals surface area contributed by atoms with E-state index in [1.165, 1.54) is 5.56 Å². The molecule has 0 atom stereocenters. The molecule has 2 rings (SSSR count). The number of nitrogens with one attached hydrogen (secondary N) is 1. The second-order valence-electron chi connectivity index (χ2n) is 5.94. The molecule has 0 unspecified atom stereocenters. The number of carbonyl (C=O) groups excluding carboxylic acids is 2. The van der Waals surface area contributed by atoms with Crippen molar-refractivity contribution in [3.8, 4) is 5.75 Å². The summed E-state index contributed by atoms with van der Waals surface area (Å²) >= 11 is 0. The Morgan fingerprint density at radius 1 is 0.960 bits per heavy atom. The van der Waals surface area contributed by atoms with Crippen molar-refractivity contribution in [2.24, 2.45) is 0 Å². The maximum absolute atomic E-state index is 11.7. The van der Waals surface area contributed by atoms with Gasteiger partial charge in [0.2, 0.25) is 0 Å². The lowest BCUT2D eigenvalue weighted by molar-refractivity contribution is -0.150. The summed E-state index contributed by atoms with van der Waals surface area (Å²) < 4.78 is 10.3. The highest BCUT2D eigenvalue weighted by molar-refractivity contribution is 5.80. The second-order valence-corrected chi connectivity index (χ2v) is 5.94. The maximum atomic E-state index is 11.7. The third kappa shape index (κ3) is 6.67. The minimum Gasteiger partial charge on any atom is -0.482 e. The minimum absolute atomic E-state index is 0.229. The van der Waals surface area contributed by atoms with Gasteiger partial charge in [-0.05, 0) is 29.2 Å². The molecule has 0 aromatic heterocycles. The Labute approximate surface area is 148 Å². The van der Waals surface area contributed by atoms with Crippen molar-refractivity contribution in [1.29, 1.82) is 0 Å². The van der Waals surface area contributed by atoms with Crippen molar-refractivity contribution in [2.45, 2.75) is 26.3 Å². The predicted molar refractivity (Wildman–Crippen MR) is 95.3 cm³/mol. The Kier molecular flexibility index (Phi) is 7.01. The van der Waals surface area contributed by atoms with Gasteiger partial charge in [0.25, 0.3) is 5.91 Å². The van der Waals surface area contributed by atoms with E-state index < -0.39 is 5.97 Å². The van der Waals surface area contributed by atoms with Gasteiger partial charge >= 0.3 is 5.97 Å². The van der Waals surface area contributed by atoms with E-state index in [2.05, 4.69) is 19.2 Å². The largest absolute Gasteiger partial charge is 0.482 e. The summed E-state index contributed by atoms with van der Waals surface area (Å²) in [6.07, 6.45) is 0. The highest BCUT2D eigenvalue weighted by atomic mass is 16.6. The Balaban J connectivity index is 1.65. The van der Waals surface area contributed by atoms with E-state index in [9.17, 15) is 9.59 Å². The molecule has 1 N–H and O–H groups in total. The fraction of sp³-hybridized carbons (Fsp3) is 0.300. The quantitative estimate of drug-likeness (QED) is 0.750. The average molecular weight is 341 g/mol. The van der Waals surface area contributed by atoms with Crippen molar-refractivity contribution in [1.82, 2.24) is 5.32 Å². The van der Waals surface area contributed by atoms with E-state index in [4.69, 9.17) is 9.47 Å². The number of hydrogen-bond acceptors (Lipinski definition) is 4. The molecular weight excluding hydrogens is 318 g/mol. The van der Waals surface area contributed by atoms with Crippen molar-refractivity contribution in [3.63, 3.8) is 0 Å². The van der Waals surface area contributed by atoms with Gasteiger partial charge in [-0.25, -0.2) is 4.79 Å². The molecule has 25 heavy (non-hydrogen) atoms. The third-order valence-corrected chi connectivity index (χ3v) is 3.60. The molecule has 1 amide bonds. The number of hydrogen-bond donors (Lipinski definition) is 1. The number of rotatable bonds is 8. The Bertz CT molecular complexity index is 681. The lowest BCUT2D eigenvalue weighted by Crippen LogP contribution is -2.29. The molecule has 0 saturated carbocycles.